The Kier molecular flexibility index (Phi) is 7.73. The van der Waals surface area contributed by atoms with Gasteiger partial charge >= 0.3 is 6.03 Å². The van der Waals surface area contributed by atoms with Crippen molar-refractivity contribution in [2.24, 2.45) is 0 Å². The molecular weight excluding hydrogens is 398 g/mol. The molecule has 2 aliphatic rings. The predicted molar refractivity (Wildman–Crippen MR) is 120 cm³/mol. The first-order valence-electron chi connectivity index (χ1n) is 11.0. The second-order valence-corrected chi connectivity index (χ2v) is 8.12. The molecule has 3 rings (SSSR count). The summed E-state index contributed by atoms with van der Waals surface area (Å²) in [5, 5.41) is 5.77. The Morgan fingerprint density at radius 3 is 2.29 bits per heavy atom. The topological polar surface area (TPSA) is 94.2 Å². The Morgan fingerprint density at radius 1 is 1.00 bits per heavy atom. The molecule has 2 aliphatic heterocycles. The maximum Gasteiger partial charge on any atom is 0.317 e. The predicted octanol–water partition coefficient (Wildman–Crippen LogP) is 1.75. The largest absolute Gasteiger partial charge is 0.378 e. The Labute approximate surface area is 183 Å². The Hall–Kier alpha value is -2.81. The van der Waals surface area contributed by atoms with Crippen LogP contribution >= 0.6 is 0 Å². The number of benzene rings is 1. The number of urea groups is 1. The number of carbonyl (C=O) groups excluding carboxylic acids is 3. The average molecular weight is 432 g/mol. The minimum absolute atomic E-state index is 0.0584. The summed E-state index contributed by atoms with van der Waals surface area (Å²) in [7, 11) is 0. The first kappa shape index (κ1) is 22.9. The summed E-state index contributed by atoms with van der Waals surface area (Å²) in [4.78, 5) is 43.2. The number of anilines is 2. The lowest BCUT2D eigenvalue weighted by Gasteiger charge is -2.37. The van der Waals surface area contributed by atoms with Crippen molar-refractivity contribution >= 4 is 29.2 Å². The number of piperazine rings is 1. The molecule has 0 spiro atoms. The van der Waals surface area contributed by atoms with Gasteiger partial charge in [-0.3, -0.25) is 9.59 Å². The molecule has 0 unspecified atom stereocenters. The molecule has 2 heterocycles. The molecule has 0 radical (unpaired) electrons. The van der Waals surface area contributed by atoms with Crippen molar-refractivity contribution in [1.82, 2.24) is 15.1 Å². The first-order valence-corrected chi connectivity index (χ1v) is 11.0. The van der Waals surface area contributed by atoms with Crippen molar-refractivity contribution < 1.29 is 19.1 Å². The third kappa shape index (κ3) is 5.88. The fourth-order valence-corrected chi connectivity index (χ4v) is 3.74. The van der Waals surface area contributed by atoms with Gasteiger partial charge in [0.15, 0.2) is 0 Å². The van der Waals surface area contributed by atoms with Crippen molar-refractivity contribution in [3.63, 3.8) is 0 Å². The van der Waals surface area contributed by atoms with Crippen LogP contribution in [0.5, 0.6) is 0 Å². The van der Waals surface area contributed by atoms with Crippen LogP contribution in [0.3, 0.4) is 0 Å². The molecular formula is C22H33N5O4. The van der Waals surface area contributed by atoms with Crippen LogP contribution in [0, 0.1) is 0 Å². The van der Waals surface area contributed by atoms with E-state index in [4.69, 9.17) is 4.74 Å². The monoisotopic (exact) mass is 431 g/mol. The van der Waals surface area contributed by atoms with Gasteiger partial charge in [-0.25, -0.2) is 4.79 Å². The Bertz CT molecular complexity index is 799. The number of nitrogens with one attached hydrogen (secondary N) is 2. The van der Waals surface area contributed by atoms with Gasteiger partial charge in [0.1, 0.15) is 0 Å². The fourth-order valence-electron chi connectivity index (χ4n) is 3.74. The zero-order valence-electron chi connectivity index (χ0n) is 18.6. The van der Waals surface area contributed by atoms with E-state index in [1.807, 2.05) is 26.0 Å². The van der Waals surface area contributed by atoms with Gasteiger partial charge in [-0.15, -0.1) is 0 Å². The van der Waals surface area contributed by atoms with Crippen LogP contribution < -0.4 is 15.5 Å². The molecule has 0 bridgehead atoms. The van der Waals surface area contributed by atoms with E-state index in [0.717, 1.165) is 5.69 Å². The maximum atomic E-state index is 13.3. The lowest BCUT2D eigenvalue weighted by molar-refractivity contribution is -0.115. The Balaban J connectivity index is 1.79. The van der Waals surface area contributed by atoms with Crippen LogP contribution in [0.1, 0.15) is 37.6 Å². The highest BCUT2D eigenvalue weighted by Crippen LogP contribution is 2.27. The molecule has 170 valence electrons. The zero-order chi connectivity index (χ0) is 22.4. The second-order valence-electron chi connectivity index (χ2n) is 8.12. The van der Waals surface area contributed by atoms with Crippen molar-refractivity contribution in [3.05, 3.63) is 23.8 Å². The quantitative estimate of drug-likeness (QED) is 0.741. The van der Waals surface area contributed by atoms with Crippen LogP contribution in [0.4, 0.5) is 16.2 Å². The van der Waals surface area contributed by atoms with Crippen molar-refractivity contribution in [3.8, 4) is 0 Å². The highest BCUT2D eigenvalue weighted by atomic mass is 16.5. The molecule has 0 aliphatic carbocycles. The molecule has 0 aromatic heterocycles. The molecule has 2 N–H and O–H groups in total. The van der Waals surface area contributed by atoms with Gasteiger partial charge in [0, 0.05) is 63.1 Å². The third-order valence-electron chi connectivity index (χ3n) is 5.45. The van der Waals surface area contributed by atoms with Crippen molar-refractivity contribution in [1.29, 1.82) is 0 Å². The van der Waals surface area contributed by atoms with Crippen LogP contribution in [-0.2, 0) is 9.53 Å². The van der Waals surface area contributed by atoms with E-state index < -0.39 is 0 Å². The number of hydrogen-bond acceptors (Lipinski definition) is 5. The van der Waals surface area contributed by atoms with Gasteiger partial charge in [0.25, 0.3) is 5.91 Å². The van der Waals surface area contributed by atoms with E-state index in [2.05, 4.69) is 15.5 Å². The standard InChI is InChI=1S/C22H33N5O4/c1-4-20(28)24-17-5-6-19(18(15-17)21(29)26-11-13-31-14-12-26)25-7-9-27(10-8-25)22(30)23-16(2)3/h5-6,15-16H,4,7-14H2,1-3H3,(H,23,30)(H,24,28). The van der Waals surface area contributed by atoms with Crippen molar-refractivity contribution in [2.75, 3.05) is 62.7 Å². The summed E-state index contributed by atoms with van der Waals surface area (Å²) in [6, 6.07) is 5.52. The highest BCUT2D eigenvalue weighted by Gasteiger charge is 2.27. The van der Waals surface area contributed by atoms with E-state index in [1.165, 1.54) is 0 Å². The second kappa shape index (κ2) is 10.5. The van der Waals surface area contributed by atoms with E-state index in [9.17, 15) is 14.4 Å². The van der Waals surface area contributed by atoms with Crippen LogP contribution in [0.25, 0.3) is 0 Å². The summed E-state index contributed by atoms with van der Waals surface area (Å²) < 4.78 is 5.38. The van der Waals surface area contributed by atoms with Crippen molar-refractivity contribution in [2.45, 2.75) is 33.2 Å². The highest BCUT2D eigenvalue weighted by molar-refractivity contribution is 6.02. The summed E-state index contributed by atoms with van der Waals surface area (Å²) in [5.74, 6) is -0.159. The normalized spacial score (nSPS) is 17.0. The number of morpholine rings is 1. The molecule has 9 heteroatoms. The molecule has 2 saturated heterocycles. The molecule has 0 atom stereocenters. The van der Waals surface area contributed by atoms with Gasteiger partial charge in [-0.1, -0.05) is 6.92 Å². The SMILES string of the molecule is CCC(=O)Nc1ccc(N2CCN(C(=O)NC(C)C)CC2)c(C(=O)N2CCOCC2)c1. The van der Waals surface area contributed by atoms with Gasteiger partial charge < -0.3 is 30.1 Å². The number of hydrogen-bond donors (Lipinski definition) is 2. The van der Waals surface area contributed by atoms with Crippen LogP contribution in [-0.4, -0.2) is 86.2 Å². The number of amides is 4. The van der Waals surface area contributed by atoms with Gasteiger partial charge in [0.2, 0.25) is 5.91 Å². The minimum atomic E-state index is -0.0951. The number of ether oxygens (including phenoxy) is 1. The molecule has 1 aromatic rings. The summed E-state index contributed by atoms with van der Waals surface area (Å²) in [5.41, 5.74) is 2.01. The smallest absolute Gasteiger partial charge is 0.317 e. The summed E-state index contributed by atoms with van der Waals surface area (Å²) in [6.07, 6.45) is 0.370. The lowest BCUT2D eigenvalue weighted by Crippen LogP contribution is -2.53. The third-order valence-corrected chi connectivity index (χ3v) is 5.45. The van der Waals surface area contributed by atoms with E-state index >= 15 is 0 Å². The van der Waals surface area contributed by atoms with E-state index in [1.54, 1.807) is 22.8 Å². The minimum Gasteiger partial charge on any atom is -0.378 e. The maximum absolute atomic E-state index is 13.3. The van der Waals surface area contributed by atoms with Crippen LogP contribution in [0.15, 0.2) is 18.2 Å². The number of carbonyl (C=O) groups is 3. The molecule has 31 heavy (non-hydrogen) atoms. The fraction of sp³-hybridized carbons (Fsp3) is 0.591. The van der Waals surface area contributed by atoms with Crippen LogP contribution in [0.2, 0.25) is 0 Å². The molecule has 2 fully saturated rings. The van der Waals surface area contributed by atoms with E-state index in [0.29, 0.717) is 70.2 Å². The van der Waals surface area contributed by atoms with Gasteiger partial charge in [-0.05, 0) is 32.0 Å². The first-order chi connectivity index (χ1) is 14.9. The molecule has 0 saturated carbocycles. The van der Waals surface area contributed by atoms with Gasteiger partial charge in [-0.2, -0.15) is 0 Å². The average Bonchev–Trinajstić information content (AvgIpc) is 2.78. The Morgan fingerprint density at radius 2 is 1.68 bits per heavy atom. The molecule has 4 amide bonds. The number of nitrogens with zero attached hydrogens (tertiary/aromatic N) is 3. The lowest BCUT2D eigenvalue weighted by atomic mass is 10.1. The summed E-state index contributed by atoms with van der Waals surface area (Å²) >= 11 is 0. The van der Waals surface area contributed by atoms with Gasteiger partial charge in [0.05, 0.1) is 18.8 Å². The zero-order valence-corrected chi connectivity index (χ0v) is 18.6. The number of rotatable bonds is 5. The summed E-state index contributed by atoms with van der Waals surface area (Å²) in [6.45, 7) is 10.3. The molecule has 9 nitrogen and oxygen atoms in total. The molecule has 1 aromatic carbocycles. The van der Waals surface area contributed by atoms with E-state index in [-0.39, 0.29) is 23.9 Å².